The molecule has 1 aromatic heterocycles. The smallest absolute Gasteiger partial charge is 0.255 e. The zero-order valence-corrected chi connectivity index (χ0v) is 12.8. The minimum absolute atomic E-state index is 0.108. The van der Waals surface area contributed by atoms with Crippen LogP contribution in [0.15, 0.2) is 6.20 Å². The van der Waals surface area contributed by atoms with Crippen LogP contribution < -0.4 is 10.6 Å². The standard InChI is InChI=1S/C15H24N4O/c1-10-12(14(20)19-15(2,3)4)9-17-13(18-10)11-6-5-7-16-8-11/h9,11,16H,5-8H2,1-4H3,(H,19,20). The van der Waals surface area contributed by atoms with Crippen LogP contribution in [0.5, 0.6) is 0 Å². The van der Waals surface area contributed by atoms with Crippen LogP contribution in [-0.2, 0) is 0 Å². The van der Waals surface area contributed by atoms with Crippen LogP contribution >= 0.6 is 0 Å². The highest BCUT2D eigenvalue weighted by atomic mass is 16.1. The highest BCUT2D eigenvalue weighted by Crippen LogP contribution is 2.20. The van der Waals surface area contributed by atoms with Gasteiger partial charge in [0, 0.05) is 24.2 Å². The maximum Gasteiger partial charge on any atom is 0.255 e. The fourth-order valence-corrected chi connectivity index (χ4v) is 2.38. The number of piperidine rings is 1. The third-order valence-corrected chi connectivity index (χ3v) is 3.39. The lowest BCUT2D eigenvalue weighted by atomic mass is 9.98. The summed E-state index contributed by atoms with van der Waals surface area (Å²) in [6.45, 7) is 9.75. The van der Waals surface area contributed by atoms with Gasteiger partial charge in [0.1, 0.15) is 5.82 Å². The van der Waals surface area contributed by atoms with E-state index in [2.05, 4.69) is 20.6 Å². The van der Waals surface area contributed by atoms with E-state index in [0.717, 1.165) is 37.4 Å². The first-order chi connectivity index (χ1) is 9.37. The van der Waals surface area contributed by atoms with Crippen molar-refractivity contribution in [3.8, 4) is 0 Å². The van der Waals surface area contributed by atoms with Crippen molar-refractivity contribution >= 4 is 5.91 Å². The Balaban J connectivity index is 2.15. The van der Waals surface area contributed by atoms with E-state index in [1.54, 1.807) is 6.20 Å². The van der Waals surface area contributed by atoms with E-state index in [4.69, 9.17) is 0 Å². The van der Waals surface area contributed by atoms with Crippen molar-refractivity contribution in [2.45, 2.75) is 52.0 Å². The van der Waals surface area contributed by atoms with Crippen molar-refractivity contribution in [1.29, 1.82) is 0 Å². The predicted molar refractivity (Wildman–Crippen MR) is 78.8 cm³/mol. The fraction of sp³-hybridized carbons (Fsp3) is 0.667. The fourth-order valence-electron chi connectivity index (χ4n) is 2.38. The van der Waals surface area contributed by atoms with E-state index in [-0.39, 0.29) is 11.4 Å². The molecular formula is C15H24N4O. The van der Waals surface area contributed by atoms with Crippen molar-refractivity contribution in [2.75, 3.05) is 13.1 Å². The summed E-state index contributed by atoms with van der Waals surface area (Å²) >= 11 is 0. The van der Waals surface area contributed by atoms with Crippen molar-refractivity contribution in [3.63, 3.8) is 0 Å². The molecule has 0 spiro atoms. The van der Waals surface area contributed by atoms with E-state index in [1.807, 2.05) is 27.7 Å². The van der Waals surface area contributed by atoms with Crippen LogP contribution in [0.25, 0.3) is 0 Å². The Morgan fingerprint density at radius 2 is 2.20 bits per heavy atom. The number of carbonyl (C=O) groups is 1. The first kappa shape index (κ1) is 14.9. The summed E-state index contributed by atoms with van der Waals surface area (Å²) in [6.07, 6.45) is 3.92. The van der Waals surface area contributed by atoms with Gasteiger partial charge in [0.15, 0.2) is 0 Å². The number of aryl methyl sites for hydroxylation is 1. The zero-order chi connectivity index (χ0) is 14.8. The Morgan fingerprint density at radius 3 is 2.75 bits per heavy atom. The molecule has 20 heavy (non-hydrogen) atoms. The molecule has 1 amide bonds. The van der Waals surface area contributed by atoms with Crippen LogP contribution in [0.3, 0.4) is 0 Å². The number of carbonyl (C=O) groups excluding carboxylic acids is 1. The van der Waals surface area contributed by atoms with Crippen LogP contribution in [0.4, 0.5) is 0 Å². The number of nitrogens with one attached hydrogen (secondary N) is 2. The Hall–Kier alpha value is -1.49. The summed E-state index contributed by atoms with van der Waals surface area (Å²) in [5.74, 6) is 1.10. The first-order valence-corrected chi connectivity index (χ1v) is 7.23. The molecule has 1 aliphatic rings. The summed E-state index contributed by atoms with van der Waals surface area (Å²) in [5, 5.41) is 6.31. The van der Waals surface area contributed by atoms with Crippen molar-refractivity contribution in [3.05, 3.63) is 23.3 Å². The van der Waals surface area contributed by atoms with Gasteiger partial charge in [-0.05, 0) is 47.1 Å². The van der Waals surface area contributed by atoms with Crippen LogP contribution in [0, 0.1) is 6.92 Å². The van der Waals surface area contributed by atoms with Gasteiger partial charge in [0.25, 0.3) is 5.91 Å². The molecule has 2 rings (SSSR count). The second-order valence-corrected chi connectivity index (χ2v) is 6.47. The zero-order valence-electron chi connectivity index (χ0n) is 12.8. The molecule has 1 unspecified atom stereocenters. The molecule has 0 aromatic carbocycles. The number of rotatable bonds is 2. The lowest BCUT2D eigenvalue weighted by Crippen LogP contribution is -2.41. The van der Waals surface area contributed by atoms with Crippen molar-refractivity contribution in [1.82, 2.24) is 20.6 Å². The van der Waals surface area contributed by atoms with Crippen LogP contribution in [0.2, 0.25) is 0 Å². The van der Waals surface area contributed by atoms with Gasteiger partial charge in [-0.2, -0.15) is 0 Å². The highest BCUT2D eigenvalue weighted by molar-refractivity contribution is 5.95. The topological polar surface area (TPSA) is 66.9 Å². The molecule has 1 fully saturated rings. The number of amides is 1. The molecule has 0 radical (unpaired) electrons. The number of nitrogens with zero attached hydrogens (tertiary/aromatic N) is 2. The SMILES string of the molecule is Cc1nc(C2CCCNC2)ncc1C(=O)NC(C)(C)C. The van der Waals surface area contributed by atoms with Crippen molar-refractivity contribution in [2.24, 2.45) is 0 Å². The largest absolute Gasteiger partial charge is 0.347 e. The molecule has 0 aliphatic carbocycles. The summed E-state index contributed by atoms with van der Waals surface area (Å²) in [5.41, 5.74) is 1.06. The van der Waals surface area contributed by atoms with Gasteiger partial charge in [0.2, 0.25) is 0 Å². The maximum absolute atomic E-state index is 12.2. The van der Waals surface area contributed by atoms with Gasteiger partial charge < -0.3 is 10.6 Å². The van der Waals surface area contributed by atoms with E-state index in [9.17, 15) is 4.79 Å². The number of aromatic nitrogens is 2. The first-order valence-electron chi connectivity index (χ1n) is 7.23. The Labute approximate surface area is 120 Å². The molecule has 2 heterocycles. The van der Waals surface area contributed by atoms with Gasteiger partial charge in [-0.3, -0.25) is 4.79 Å². The van der Waals surface area contributed by atoms with Gasteiger partial charge >= 0.3 is 0 Å². The summed E-state index contributed by atoms with van der Waals surface area (Å²) in [7, 11) is 0. The lowest BCUT2D eigenvalue weighted by molar-refractivity contribution is 0.0918. The quantitative estimate of drug-likeness (QED) is 0.864. The summed E-state index contributed by atoms with van der Waals surface area (Å²) in [6, 6.07) is 0. The van der Waals surface area contributed by atoms with Gasteiger partial charge in [-0.25, -0.2) is 9.97 Å². The minimum Gasteiger partial charge on any atom is -0.347 e. The Kier molecular flexibility index (Phi) is 4.38. The Bertz CT molecular complexity index is 487. The molecule has 0 saturated carbocycles. The molecule has 5 nitrogen and oxygen atoms in total. The number of hydrogen-bond acceptors (Lipinski definition) is 4. The van der Waals surface area contributed by atoms with Gasteiger partial charge in [0.05, 0.1) is 11.3 Å². The summed E-state index contributed by atoms with van der Waals surface area (Å²) < 4.78 is 0. The summed E-state index contributed by atoms with van der Waals surface area (Å²) in [4.78, 5) is 21.1. The molecule has 1 aliphatic heterocycles. The molecule has 1 atom stereocenters. The maximum atomic E-state index is 12.2. The van der Waals surface area contributed by atoms with Gasteiger partial charge in [-0.1, -0.05) is 0 Å². The van der Waals surface area contributed by atoms with E-state index in [0.29, 0.717) is 11.5 Å². The predicted octanol–water partition coefficient (Wildman–Crippen LogP) is 1.78. The van der Waals surface area contributed by atoms with Crippen molar-refractivity contribution < 1.29 is 4.79 Å². The van der Waals surface area contributed by atoms with Gasteiger partial charge in [-0.15, -0.1) is 0 Å². The lowest BCUT2D eigenvalue weighted by Gasteiger charge is -2.23. The second-order valence-electron chi connectivity index (χ2n) is 6.47. The highest BCUT2D eigenvalue weighted by Gasteiger charge is 2.21. The molecule has 0 bridgehead atoms. The van der Waals surface area contributed by atoms with Crippen LogP contribution in [0.1, 0.15) is 61.4 Å². The molecule has 5 heteroatoms. The second kappa shape index (κ2) is 5.87. The monoisotopic (exact) mass is 276 g/mol. The Morgan fingerprint density at radius 1 is 1.45 bits per heavy atom. The average Bonchev–Trinajstić information content (AvgIpc) is 2.37. The minimum atomic E-state index is -0.254. The molecule has 2 N–H and O–H groups in total. The molecular weight excluding hydrogens is 252 g/mol. The third-order valence-electron chi connectivity index (χ3n) is 3.39. The average molecular weight is 276 g/mol. The van der Waals surface area contributed by atoms with E-state index >= 15 is 0 Å². The third kappa shape index (κ3) is 3.76. The molecule has 110 valence electrons. The van der Waals surface area contributed by atoms with E-state index in [1.165, 1.54) is 0 Å². The normalized spacial score (nSPS) is 19.7. The van der Waals surface area contributed by atoms with E-state index < -0.39 is 0 Å². The number of hydrogen-bond donors (Lipinski definition) is 2. The van der Waals surface area contributed by atoms with Crippen LogP contribution in [-0.4, -0.2) is 34.5 Å². The molecule has 1 saturated heterocycles. The molecule has 1 aromatic rings.